The van der Waals surface area contributed by atoms with Gasteiger partial charge in [-0.3, -0.25) is 0 Å². The second-order valence-corrected chi connectivity index (χ2v) is 6.16. The van der Waals surface area contributed by atoms with Crippen LogP contribution in [-0.2, 0) is 0 Å². The molecule has 2 fully saturated rings. The smallest absolute Gasteiger partial charge is 0.00684 e. The Morgan fingerprint density at radius 2 is 1.80 bits per heavy atom. The van der Waals surface area contributed by atoms with Crippen molar-refractivity contribution in [3.8, 4) is 0 Å². The van der Waals surface area contributed by atoms with Crippen molar-refractivity contribution in [3.05, 3.63) is 0 Å². The summed E-state index contributed by atoms with van der Waals surface area (Å²) in [4.78, 5) is 2.65. The Morgan fingerprint density at radius 1 is 1.13 bits per heavy atom. The lowest BCUT2D eigenvalue weighted by Crippen LogP contribution is -2.42. The van der Waals surface area contributed by atoms with Crippen molar-refractivity contribution in [3.63, 3.8) is 0 Å². The average Bonchev–Trinajstić information content (AvgIpc) is 2.99. The highest BCUT2D eigenvalue weighted by Crippen LogP contribution is 2.23. The summed E-state index contributed by atoms with van der Waals surface area (Å²) >= 11 is 0. The van der Waals surface area contributed by atoms with E-state index in [1.165, 1.54) is 58.3 Å². The highest BCUT2D eigenvalue weighted by molar-refractivity contribution is 4.85. The van der Waals surface area contributed by atoms with Gasteiger partial charge >= 0.3 is 0 Å². The van der Waals surface area contributed by atoms with Gasteiger partial charge in [0.1, 0.15) is 0 Å². The first-order valence-corrected chi connectivity index (χ1v) is 6.61. The van der Waals surface area contributed by atoms with E-state index in [0.717, 1.165) is 6.04 Å². The van der Waals surface area contributed by atoms with Crippen molar-refractivity contribution >= 4 is 0 Å². The molecule has 0 spiro atoms. The van der Waals surface area contributed by atoms with E-state index in [-0.39, 0.29) is 0 Å². The first kappa shape index (κ1) is 11.4. The topological polar surface area (TPSA) is 15.3 Å². The van der Waals surface area contributed by atoms with Crippen LogP contribution in [0, 0.1) is 5.41 Å². The highest BCUT2D eigenvalue weighted by atomic mass is 15.1. The monoisotopic (exact) mass is 210 g/mol. The van der Waals surface area contributed by atoms with Gasteiger partial charge in [-0.1, -0.05) is 20.3 Å². The van der Waals surface area contributed by atoms with Crippen LogP contribution in [-0.4, -0.2) is 37.1 Å². The van der Waals surface area contributed by atoms with Crippen LogP contribution in [0.15, 0.2) is 0 Å². The lowest BCUT2D eigenvalue weighted by Gasteiger charge is -2.35. The molecule has 1 heterocycles. The lowest BCUT2D eigenvalue weighted by atomic mass is 9.91. The third-order valence-corrected chi connectivity index (χ3v) is 3.55. The van der Waals surface area contributed by atoms with E-state index in [0.29, 0.717) is 5.41 Å². The second kappa shape index (κ2) is 4.84. The molecule has 1 aliphatic carbocycles. The van der Waals surface area contributed by atoms with Gasteiger partial charge in [0.2, 0.25) is 0 Å². The molecule has 0 aromatic heterocycles. The largest absolute Gasteiger partial charge is 0.313 e. The summed E-state index contributed by atoms with van der Waals surface area (Å²) in [5.41, 5.74) is 0.444. The van der Waals surface area contributed by atoms with E-state index in [4.69, 9.17) is 0 Å². The number of nitrogens with zero attached hydrogens (tertiary/aromatic N) is 1. The fourth-order valence-corrected chi connectivity index (χ4v) is 2.49. The van der Waals surface area contributed by atoms with Gasteiger partial charge in [0, 0.05) is 19.1 Å². The third kappa shape index (κ3) is 4.12. The molecule has 1 aliphatic heterocycles. The molecular formula is C13H26N2. The average molecular weight is 210 g/mol. The Balaban J connectivity index is 1.69. The zero-order valence-corrected chi connectivity index (χ0v) is 10.4. The Labute approximate surface area is 94.4 Å². The zero-order valence-electron chi connectivity index (χ0n) is 10.4. The molecule has 0 unspecified atom stereocenters. The molecule has 15 heavy (non-hydrogen) atoms. The van der Waals surface area contributed by atoms with Crippen LogP contribution in [0.3, 0.4) is 0 Å². The maximum Gasteiger partial charge on any atom is 0.00684 e. The standard InChI is InChI=1S/C13H26N2/c1-13(2,10-14-12-6-7-12)11-15-8-4-3-5-9-15/h12,14H,3-11H2,1-2H3. The minimum absolute atomic E-state index is 0.444. The van der Waals surface area contributed by atoms with Gasteiger partial charge in [0.05, 0.1) is 0 Å². The maximum absolute atomic E-state index is 3.66. The first-order valence-electron chi connectivity index (χ1n) is 6.61. The Kier molecular flexibility index (Phi) is 3.68. The van der Waals surface area contributed by atoms with Crippen molar-refractivity contribution in [2.24, 2.45) is 5.41 Å². The fourth-order valence-electron chi connectivity index (χ4n) is 2.49. The zero-order chi connectivity index (χ0) is 10.7. The molecule has 2 nitrogen and oxygen atoms in total. The van der Waals surface area contributed by atoms with Crippen LogP contribution >= 0.6 is 0 Å². The Morgan fingerprint density at radius 3 is 2.40 bits per heavy atom. The third-order valence-electron chi connectivity index (χ3n) is 3.55. The van der Waals surface area contributed by atoms with Crippen LogP contribution < -0.4 is 5.32 Å². The van der Waals surface area contributed by atoms with E-state index in [1.54, 1.807) is 0 Å². The van der Waals surface area contributed by atoms with Gasteiger partial charge < -0.3 is 10.2 Å². The minimum Gasteiger partial charge on any atom is -0.313 e. The van der Waals surface area contributed by atoms with Gasteiger partial charge in [0.25, 0.3) is 0 Å². The summed E-state index contributed by atoms with van der Waals surface area (Å²) in [6.07, 6.45) is 7.06. The molecule has 1 saturated heterocycles. The Bertz CT molecular complexity index is 191. The Hall–Kier alpha value is -0.0800. The van der Waals surface area contributed by atoms with Crippen LogP contribution in [0.1, 0.15) is 46.0 Å². The molecule has 1 N–H and O–H groups in total. The van der Waals surface area contributed by atoms with E-state index >= 15 is 0 Å². The molecule has 0 atom stereocenters. The predicted molar refractivity (Wildman–Crippen MR) is 65.1 cm³/mol. The number of piperidine rings is 1. The molecule has 0 aromatic rings. The number of hydrogen-bond acceptors (Lipinski definition) is 2. The molecule has 1 saturated carbocycles. The molecular weight excluding hydrogens is 184 g/mol. The predicted octanol–water partition coefficient (Wildman–Crippen LogP) is 2.25. The summed E-state index contributed by atoms with van der Waals surface area (Å²) in [6, 6.07) is 0.852. The maximum atomic E-state index is 3.66. The van der Waals surface area contributed by atoms with E-state index < -0.39 is 0 Å². The van der Waals surface area contributed by atoms with Crippen LogP contribution in [0.5, 0.6) is 0 Å². The second-order valence-electron chi connectivity index (χ2n) is 6.16. The first-order chi connectivity index (χ1) is 7.16. The fraction of sp³-hybridized carbons (Fsp3) is 1.00. The number of nitrogens with one attached hydrogen (secondary N) is 1. The normalized spacial score (nSPS) is 24.4. The molecule has 88 valence electrons. The number of rotatable bonds is 5. The SMILES string of the molecule is CC(C)(CNC1CC1)CN1CCCCC1. The quantitative estimate of drug-likeness (QED) is 0.749. The molecule has 0 bridgehead atoms. The van der Waals surface area contributed by atoms with Crippen molar-refractivity contribution in [2.45, 2.75) is 52.0 Å². The molecule has 2 heteroatoms. The van der Waals surface area contributed by atoms with Gasteiger partial charge in [-0.15, -0.1) is 0 Å². The van der Waals surface area contributed by atoms with Crippen molar-refractivity contribution in [1.82, 2.24) is 10.2 Å². The van der Waals surface area contributed by atoms with E-state index in [9.17, 15) is 0 Å². The molecule has 0 radical (unpaired) electrons. The van der Waals surface area contributed by atoms with Crippen molar-refractivity contribution in [1.29, 1.82) is 0 Å². The van der Waals surface area contributed by atoms with Gasteiger partial charge in [-0.2, -0.15) is 0 Å². The van der Waals surface area contributed by atoms with E-state index in [1.807, 2.05) is 0 Å². The summed E-state index contributed by atoms with van der Waals surface area (Å²) in [6.45, 7) is 9.91. The number of hydrogen-bond donors (Lipinski definition) is 1. The van der Waals surface area contributed by atoms with Crippen LogP contribution in [0.2, 0.25) is 0 Å². The summed E-state index contributed by atoms with van der Waals surface area (Å²) in [5, 5.41) is 3.66. The van der Waals surface area contributed by atoms with Crippen molar-refractivity contribution < 1.29 is 0 Å². The molecule has 0 aromatic carbocycles. The number of likely N-dealkylation sites (tertiary alicyclic amines) is 1. The molecule has 2 rings (SSSR count). The van der Waals surface area contributed by atoms with Crippen molar-refractivity contribution in [2.75, 3.05) is 26.2 Å². The highest BCUT2D eigenvalue weighted by Gasteiger charge is 2.27. The lowest BCUT2D eigenvalue weighted by molar-refractivity contribution is 0.150. The minimum atomic E-state index is 0.444. The van der Waals surface area contributed by atoms with Gasteiger partial charge in [-0.05, 0) is 44.2 Å². The summed E-state index contributed by atoms with van der Waals surface area (Å²) in [7, 11) is 0. The van der Waals surface area contributed by atoms with E-state index in [2.05, 4.69) is 24.1 Å². The van der Waals surface area contributed by atoms with Gasteiger partial charge in [-0.25, -0.2) is 0 Å². The summed E-state index contributed by atoms with van der Waals surface area (Å²) < 4.78 is 0. The van der Waals surface area contributed by atoms with Crippen LogP contribution in [0.4, 0.5) is 0 Å². The molecule has 2 aliphatic rings. The molecule has 0 amide bonds. The summed E-state index contributed by atoms with van der Waals surface area (Å²) in [5.74, 6) is 0. The van der Waals surface area contributed by atoms with Gasteiger partial charge in [0.15, 0.2) is 0 Å². The van der Waals surface area contributed by atoms with Crippen LogP contribution in [0.25, 0.3) is 0 Å².